The molecule has 3 rings (SSSR count). The number of amides is 1. The molecule has 1 saturated carbocycles. The van der Waals surface area contributed by atoms with Crippen LogP contribution in [-0.2, 0) is 11.2 Å². The van der Waals surface area contributed by atoms with Crippen LogP contribution in [0.25, 0.3) is 0 Å². The van der Waals surface area contributed by atoms with Gasteiger partial charge in [0, 0.05) is 13.1 Å². The minimum absolute atomic E-state index is 0.136. The molecule has 0 saturated heterocycles. The highest BCUT2D eigenvalue weighted by Gasteiger charge is 2.36. The summed E-state index contributed by atoms with van der Waals surface area (Å²) in [7, 11) is 0. The fourth-order valence-electron chi connectivity index (χ4n) is 3.45. The van der Waals surface area contributed by atoms with Crippen molar-refractivity contribution in [3.8, 4) is 0 Å². The first-order valence-corrected chi connectivity index (χ1v) is 7.83. The minimum atomic E-state index is -0.172. The van der Waals surface area contributed by atoms with Crippen molar-refractivity contribution in [2.75, 3.05) is 13.1 Å². The highest BCUT2D eigenvalue weighted by atomic mass is 16.2. The van der Waals surface area contributed by atoms with Crippen LogP contribution in [0.15, 0.2) is 24.3 Å². The van der Waals surface area contributed by atoms with Gasteiger partial charge in [0.2, 0.25) is 5.91 Å². The number of fused-ring (bicyclic) bond motifs is 1. The van der Waals surface area contributed by atoms with Crippen LogP contribution in [0.4, 0.5) is 0 Å². The molecule has 3 nitrogen and oxygen atoms in total. The van der Waals surface area contributed by atoms with Crippen molar-refractivity contribution in [1.29, 1.82) is 0 Å². The van der Waals surface area contributed by atoms with Crippen molar-refractivity contribution < 1.29 is 4.79 Å². The number of hydrogen-bond donors (Lipinski definition) is 2. The molecule has 0 bridgehead atoms. The monoisotopic (exact) mass is 272 g/mol. The largest absolute Gasteiger partial charge is 0.354 e. The average Bonchev–Trinajstić information content (AvgIpc) is 2.46. The zero-order valence-corrected chi connectivity index (χ0v) is 12.2. The summed E-state index contributed by atoms with van der Waals surface area (Å²) in [5.74, 6) is 0.136. The Hall–Kier alpha value is -1.35. The van der Waals surface area contributed by atoms with E-state index in [-0.39, 0.29) is 11.9 Å². The molecule has 1 aromatic carbocycles. The predicted octanol–water partition coefficient (Wildman–Crippen LogP) is 2.57. The van der Waals surface area contributed by atoms with Crippen LogP contribution in [0, 0.1) is 5.41 Å². The second kappa shape index (κ2) is 5.57. The maximum absolute atomic E-state index is 12.5. The van der Waals surface area contributed by atoms with Crippen LogP contribution >= 0.6 is 0 Å². The molecule has 1 aromatic rings. The van der Waals surface area contributed by atoms with Crippen LogP contribution in [-0.4, -0.2) is 19.0 Å². The van der Waals surface area contributed by atoms with Crippen LogP contribution in [0.3, 0.4) is 0 Å². The molecule has 1 fully saturated rings. The van der Waals surface area contributed by atoms with E-state index in [0.717, 1.165) is 25.1 Å². The summed E-state index contributed by atoms with van der Waals surface area (Å²) in [5.41, 5.74) is 2.83. The number of carbonyl (C=O) groups excluding carboxylic acids is 1. The van der Waals surface area contributed by atoms with Gasteiger partial charge in [-0.15, -0.1) is 0 Å². The fraction of sp³-hybridized carbons (Fsp3) is 0.588. The molecule has 20 heavy (non-hydrogen) atoms. The van der Waals surface area contributed by atoms with Crippen molar-refractivity contribution in [3.63, 3.8) is 0 Å². The van der Waals surface area contributed by atoms with Crippen LogP contribution < -0.4 is 10.6 Å². The van der Waals surface area contributed by atoms with E-state index in [9.17, 15) is 4.79 Å². The van der Waals surface area contributed by atoms with Gasteiger partial charge in [-0.25, -0.2) is 0 Å². The van der Waals surface area contributed by atoms with E-state index >= 15 is 0 Å². The van der Waals surface area contributed by atoms with Crippen molar-refractivity contribution >= 4 is 5.91 Å². The summed E-state index contributed by atoms with van der Waals surface area (Å²) in [6.45, 7) is 3.95. The van der Waals surface area contributed by atoms with Gasteiger partial charge in [0.25, 0.3) is 0 Å². The van der Waals surface area contributed by atoms with Gasteiger partial charge in [-0.05, 0) is 42.2 Å². The Morgan fingerprint density at radius 3 is 2.90 bits per heavy atom. The Morgan fingerprint density at radius 2 is 2.20 bits per heavy atom. The van der Waals surface area contributed by atoms with Crippen LogP contribution in [0.2, 0.25) is 0 Å². The molecule has 1 atom stereocenters. The van der Waals surface area contributed by atoms with Gasteiger partial charge in [-0.3, -0.25) is 4.79 Å². The van der Waals surface area contributed by atoms with Gasteiger partial charge in [0.05, 0.1) is 0 Å². The third kappa shape index (κ3) is 2.47. The third-order valence-corrected chi connectivity index (χ3v) is 5.17. The predicted molar refractivity (Wildman–Crippen MR) is 80.5 cm³/mol. The van der Waals surface area contributed by atoms with Gasteiger partial charge >= 0.3 is 0 Å². The number of rotatable bonds is 4. The molecule has 1 unspecified atom stereocenters. The van der Waals surface area contributed by atoms with E-state index in [1.54, 1.807) is 0 Å². The summed E-state index contributed by atoms with van der Waals surface area (Å²) in [6, 6.07) is 8.11. The van der Waals surface area contributed by atoms with Crippen LogP contribution in [0.5, 0.6) is 0 Å². The second-order valence-corrected chi connectivity index (χ2v) is 6.26. The molecule has 1 heterocycles. The molecule has 1 amide bonds. The van der Waals surface area contributed by atoms with E-state index in [4.69, 9.17) is 0 Å². The number of hydrogen-bond acceptors (Lipinski definition) is 2. The summed E-state index contributed by atoms with van der Waals surface area (Å²) in [4.78, 5) is 12.5. The molecule has 2 N–H and O–H groups in total. The molecular formula is C17H24N2O. The zero-order valence-electron chi connectivity index (χ0n) is 12.2. The average molecular weight is 272 g/mol. The lowest BCUT2D eigenvalue weighted by Crippen LogP contribution is -2.47. The first-order chi connectivity index (χ1) is 9.74. The SMILES string of the molecule is CCC1(CNC(=O)C2NCCc3ccccc32)CCC1. The lowest BCUT2D eigenvalue weighted by molar-refractivity contribution is -0.124. The Bertz CT molecular complexity index is 488. The van der Waals surface area contributed by atoms with E-state index in [0.29, 0.717) is 5.41 Å². The van der Waals surface area contributed by atoms with E-state index in [1.165, 1.54) is 31.2 Å². The summed E-state index contributed by atoms with van der Waals surface area (Å²) >= 11 is 0. The van der Waals surface area contributed by atoms with Gasteiger partial charge in [0.1, 0.15) is 6.04 Å². The summed E-state index contributed by atoms with van der Waals surface area (Å²) < 4.78 is 0. The van der Waals surface area contributed by atoms with E-state index in [2.05, 4.69) is 35.8 Å². The lowest BCUT2D eigenvalue weighted by Gasteiger charge is -2.41. The highest BCUT2D eigenvalue weighted by Crippen LogP contribution is 2.43. The van der Waals surface area contributed by atoms with Crippen LogP contribution in [0.1, 0.15) is 49.8 Å². The Labute approximate surface area is 121 Å². The molecule has 3 heteroatoms. The van der Waals surface area contributed by atoms with Gasteiger partial charge < -0.3 is 10.6 Å². The molecule has 0 spiro atoms. The molecule has 108 valence electrons. The molecule has 1 aliphatic heterocycles. The van der Waals surface area contributed by atoms with Crippen molar-refractivity contribution in [3.05, 3.63) is 35.4 Å². The molecular weight excluding hydrogens is 248 g/mol. The molecule has 1 aliphatic carbocycles. The quantitative estimate of drug-likeness (QED) is 0.884. The minimum Gasteiger partial charge on any atom is -0.354 e. The first kappa shape index (κ1) is 13.6. The maximum atomic E-state index is 12.5. The van der Waals surface area contributed by atoms with Gasteiger partial charge in [0.15, 0.2) is 0 Å². The smallest absolute Gasteiger partial charge is 0.241 e. The summed E-state index contributed by atoms with van der Waals surface area (Å²) in [6.07, 6.45) is 6.02. The van der Waals surface area contributed by atoms with Crippen molar-refractivity contribution in [2.45, 2.75) is 45.1 Å². The Balaban J connectivity index is 1.66. The standard InChI is InChI=1S/C17H24N2O/c1-2-17(9-5-10-17)12-19-16(20)15-14-7-4-3-6-13(14)8-11-18-15/h3-4,6-7,15,18H,2,5,8-12H2,1H3,(H,19,20). The van der Waals surface area contributed by atoms with Gasteiger partial charge in [-0.1, -0.05) is 37.6 Å². The van der Waals surface area contributed by atoms with Crippen molar-refractivity contribution in [2.24, 2.45) is 5.41 Å². The zero-order chi connectivity index (χ0) is 14.0. The first-order valence-electron chi connectivity index (χ1n) is 7.83. The maximum Gasteiger partial charge on any atom is 0.241 e. The van der Waals surface area contributed by atoms with Gasteiger partial charge in [-0.2, -0.15) is 0 Å². The highest BCUT2D eigenvalue weighted by molar-refractivity contribution is 5.84. The topological polar surface area (TPSA) is 41.1 Å². The molecule has 0 radical (unpaired) electrons. The fourth-order valence-corrected chi connectivity index (χ4v) is 3.45. The number of benzene rings is 1. The third-order valence-electron chi connectivity index (χ3n) is 5.17. The van der Waals surface area contributed by atoms with E-state index in [1.807, 2.05) is 6.07 Å². The van der Waals surface area contributed by atoms with Crippen molar-refractivity contribution in [1.82, 2.24) is 10.6 Å². The van der Waals surface area contributed by atoms with E-state index < -0.39 is 0 Å². The number of carbonyl (C=O) groups is 1. The molecule has 2 aliphatic rings. The Morgan fingerprint density at radius 1 is 1.40 bits per heavy atom. The number of nitrogens with one attached hydrogen (secondary N) is 2. The normalized spacial score (nSPS) is 23.6. The summed E-state index contributed by atoms with van der Waals surface area (Å²) in [5, 5.41) is 6.54. The second-order valence-electron chi connectivity index (χ2n) is 6.26. The Kier molecular flexibility index (Phi) is 3.79. The lowest BCUT2D eigenvalue weighted by atomic mass is 9.67. The molecule has 0 aromatic heterocycles.